The van der Waals surface area contributed by atoms with Crippen LogP contribution in [-0.4, -0.2) is 40.0 Å². The molecule has 1 aromatic heterocycles. The summed E-state index contributed by atoms with van der Waals surface area (Å²) < 4.78 is 1.78. The van der Waals surface area contributed by atoms with Crippen LogP contribution in [-0.2, 0) is 13.1 Å². The summed E-state index contributed by atoms with van der Waals surface area (Å²) in [7, 11) is 2.09. The molecule has 0 fully saturated rings. The first kappa shape index (κ1) is 12.9. The highest BCUT2D eigenvalue weighted by Crippen LogP contribution is 2.00. The van der Waals surface area contributed by atoms with Crippen molar-refractivity contribution in [1.82, 2.24) is 19.9 Å². The van der Waals surface area contributed by atoms with Crippen LogP contribution < -0.4 is 5.73 Å². The SMILES string of the molecule is C=CCCCN(C)Cc1cn(CCN)nn1. The van der Waals surface area contributed by atoms with Gasteiger partial charge in [0.05, 0.1) is 12.2 Å². The van der Waals surface area contributed by atoms with E-state index in [1.807, 2.05) is 12.3 Å². The van der Waals surface area contributed by atoms with E-state index in [9.17, 15) is 0 Å². The quantitative estimate of drug-likeness (QED) is 0.519. The summed E-state index contributed by atoms with van der Waals surface area (Å²) in [5, 5.41) is 8.10. The van der Waals surface area contributed by atoms with E-state index in [0.717, 1.165) is 38.2 Å². The summed E-state index contributed by atoms with van der Waals surface area (Å²) in [6.45, 7) is 6.92. The summed E-state index contributed by atoms with van der Waals surface area (Å²) in [6.07, 6.45) is 6.10. The third-order valence-corrected chi connectivity index (χ3v) is 2.32. The standard InChI is InChI=1S/C11H21N5/c1-3-4-5-7-15(2)9-11-10-16(8-6-12)14-13-11/h3,10H,1,4-9,12H2,2H3. The van der Waals surface area contributed by atoms with Gasteiger partial charge in [-0.25, -0.2) is 0 Å². The van der Waals surface area contributed by atoms with E-state index >= 15 is 0 Å². The van der Waals surface area contributed by atoms with E-state index in [0.29, 0.717) is 6.54 Å². The fraction of sp³-hybridized carbons (Fsp3) is 0.636. The average Bonchev–Trinajstić information content (AvgIpc) is 2.66. The molecular weight excluding hydrogens is 202 g/mol. The number of allylic oxidation sites excluding steroid dienone is 1. The summed E-state index contributed by atoms with van der Waals surface area (Å²) in [6, 6.07) is 0. The highest BCUT2D eigenvalue weighted by Gasteiger charge is 2.03. The maximum Gasteiger partial charge on any atom is 0.0967 e. The molecule has 0 bridgehead atoms. The molecule has 0 atom stereocenters. The number of nitrogens with zero attached hydrogens (tertiary/aromatic N) is 4. The second-order valence-electron chi connectivity index (χ2n) is 3.93. The Balaban J connectivity index is 2.31. The molecule has 0 aliphatic carbocycles. The Kier molecular flexibility index (Phi) is 5.74. The Hall–Kier alpha value is -1.20. The van der Waals surface area contributed by atoms with Gasteiger partial charge in [-0.15, -0.1) is 11.7 Å². The number of rotatable bonds is 8. The number of hydrogen-bond acceptors (Lipinski definition) is 4. The minimum atomic E-state index is 0.595. The molecule has 2 N–H and O–H groups in total. The van der Waals surface area contributed by atoms with Crippen molar-refractivity contribution in [3.05, 3.63) is 24.5 Å². The molecule has 1 aromatic rings. The predicted octanol–water partition coefficient (Wildman–Crippen LogP) is 0.635. The van der Waals surface area contributed by atoms with Gasteiger partial charge in [0.1, 0.15) is 0 Å². The van der Waals surface area contributed by atoms with Crippen LogP contribution >= 0.6 is 0 Å². The van der Waals surface area contributed by atoms with Gasteiger partial charge in [0.25, 0.3) is 0 Å². The first-order valence-electron chi connectivity index (χ1n) is 5.64. The van der Waals surface area contributed by atoms with Crippen molar-refractivity contribution in [2.24, 2.45) is 5.73 Å². The fourth-order valence-electron chi connectivity index (χ4n) is 1.51. The maximum atomic E-state index is 5.44. The van der Waals surface area contributed by atoms with E-state index in [1.54, 1.807) is 4.68 Å². The van der Waals surface area contributed by atoms with Crippen LogP contribution in [0.5, 0.6) is 0 Å². The lowest BCUT2D eigenvalue weighted by molar-refractivity contribution is 0.319. The van der Waals surface area contributed by atoms with Crippen LogP contribution in [0.15, 0.2) is 18.9 Å². The Morgan fingerprint density at radius 3 is 3.12 bits per heavy atom. The molecule has 0 unspecified atom stereocenters. The lowest BCUT2D eigenvalue weighted by Gasteiger charge is -2.13. The van der Waals surface area contributed by atoms with Gasteiger partial charge < -0.3 is 10.6 Å². The Morgan fingerprint density at radius 2 is 2.44 bits per heavy atom. The molecule has 5 nitrogen and oxygen atoms in total. The molecule has 0 aliphatic heterocycles. The van der Waals surface area contributed by atoms with Crippen molar-refractivity contribution in [3.8, 4) is 0 Å². The van der Waals surface area contributed by atoms with Crippen LogP contribution in [0.3, 0.4) is 0 Å². The molecule has 0 aromatic carbocycles. The highest BCUT2D eigenvalue weighted by molar-refractivity contribution is 4.91. The number of aromatic nitrogens is 3. The van der Waals surface area contributed by atoms with Crippen LogP contribution in [0.4, 0.5) is 0 Å². The van der Waals surface area contributed by atoms with Crippen LogP contribution in [0.1, 0.15) is 18.5 Å². The fourth-order valence-corrected chi connectivity index (χ4v) is 1.51. The molecule has 0 spiro atoms. The second kappa shape index (κ2) is 7.14. The monoisotopic (exact) mass is 223 g/mol. The van der Waals surface area contributed by atoms with Gasteiger partial charge in [-0.2, -0.15) is 0 Å². The number of nitrogens with two attached hydrogens (primary N) is 1. The molecule has 0 saturated heterocycles. The zero-order chi connectivity index (χ0) is 11.8. The normalized spacial score (nSPS) is 10.9. The molecule has 1 rings (SSSR count). The van der Waals surface area contributed by atoms with Crippen molar-refractivity contribution >= 4 is 0 Å². The Labute approximate surface area is 96.9 Å². The van der Waals surface area contributed by atoms with Gasteiger partial charge in [-0.3, -0.25) is 4.68 Å². The largest absolute Gasteiger partial charge is 0.329 e. The smallest absolute Gasteiger partial charge is 0.0967 e. The summed E-state index contributed by atoms with van der Waals surface area (Å²) in [5.41, 5.74) is 6.44. The second-order valence-corrected chi connectivity index (χ2v) is 3.93. The van der Waals surface area contributed by atoms with Crippen molar-refractivity contribution in [1.29, 1.82) is 0 Å². The minimum Gasteiger partial charge on any atom is -0.329 e. The van der Waals surface area contributed by atoms with Crippen LogP contribution in [0.25, 0.3) is 0 Å². The van der Waals surface area contributed by atoms with Crippen molar-refractivity contribution in [2.75, 3.05) is 20.1 Å². The molecule has 0 amide bonds. The Morgan fingerprint density at radius 1 is 1.62 bits per heavy atom. The van der Waals surface area contributed by atoms with Crippen LogP contribution in [0, 0.1) is 0 Å². The summed E-state index contributed by atoms with van der Waals surface area (Å²) >= 11 is 0. The topological polar surface area (TPSA) is 60.0 Å². The molecule has 90 valence electrons. The Bertz CT molecular complexity index is 307. The predicted molar refractivity (Wildman–Crippen MR) is 64.8 cm³/mol. The van der Waals surface area contributed by atoms with Crippen molar-refractivity contribution in [2.45, 2.75) is 25.9 Å². The van der Waals surface area contributed by atoms with E-state index < -0.39 is 0 Å². The minimum absolute atomic E-state index is 0.595. The van der Waals surface area contributed by atoms with Crippen LogP contribution in [0.2, 0.25) is 0 Å². The van der Waals surface area contributed by atoms with Gasteiger partial charge in [-0.1, -0.05) is 11.3 Å². The third kappa shape index (κ3) is 4.55. The lowest BCUT2D eigenvalue weighted by Crippen LogP contribution is -2.19. The van der Waals surface area contributed by atoms with E-state index in [1.165, 1.54) is 0 Å². The first-order valence-corrected chi connectivity index (χ1v) is 5.64. The molecule has 1 heterocycles. The first-order chi connectivity index (χ1) is 7.76. The summed E-state index contributed by atoms with van der Waals surface area (Å²) in [5.74, 6) is 0. The molecule has 0 aliphatic rings. The molecular formula is C11H21N5. The summed E-state index contributed by atoms with van der Waals surface area (Å²) in [4.78, 5) is 2.24. The third-order valence-electron chi connectivity index (χ3n) is 2.32. The van der Waals surface area contributed by atoms with E-state index in [2.05, 4.69) is 28.8 Å². The number of unbranched alkanes of at least 4 members (excludes halogenated alkanes) is 1. The van der Waals surface area contributed by atoms with E-state index in [4.69, 9.17) is 5.73 Å². The van der Waals surface area contributed by atoms with Gasteiger partial charge >= 0.3 is 0 Å². The lowest BCUT2D eigenvalue weighted by atomic mass is 10.3. The van der Waals surface area contributed by atoms with Gasteiger partial charge in [-0.05, 0) is 26.4 Å². The average molecular weight is 223 g/mol. The molecule has 5 heteroatoms. The molecule has 0 saturated carbocycles. The van der Waals surface area contributed by atoms with Gasteiger partial charge in [0.15, 0.2) is 0 Å². The maximum absolute atomic E-state index is 5.44. The van der Waals surface area contributed by atoms with Gasteiger partial charge in [0.2, 0.25) is 0 Å². The highest BCUT2D eigenvalue weighted by atomic mass is 15.4. The number of hydrogen-bond donors (Lipinski definition) is 1. The molecule has 0 radical (unpaired) electrons. The van der Waals surface area contributed by atoms with Gasteiger partial charge in [0, 0.05) is 19.3 Å². The zero-order valence-corrected chi connectivity index (χ0v) is 9.97. The van der Waals surface area contributed by atoms with E-state index in [-0.39, 0.29) is 0 Å². The zero-order valence-electron chi connectivity index (χ0n) is 9.97. The van der Waals surface area contributed by atoms with Crippen molar-refractivity contribution in [3.63, 3.8) is 0 Å². The molecule has 16 heavy (non-hydrogen) atoms. The van der Waals surface area contributed by atoms with Crippen molar-refractivity contribution < 1.29 is 0 Å².